The van der Waals surface area contributed by atoms with E-state index in [0.29, 0.717) is 11.8 Å². The lowest BCUT2D eigenvalue weighted by Crippen LogP contribution is -2.37. The van der Waals surface area contributed by atoms with Crippen LogP contribution < -0.4 is 5.32 Å². The highest BCUT2D eigenvalue weighted by atomic mass is 32.2. The molecule has 1 saturated heterocycles. The third-order valence-corrected chi connectivity index (χ3v) is 5.00. The smallest absolute Gasteiger partial charge is 0.150 e. The molecule has 3 nitrogen and oxygen atoms in total. The van der Waals surface area contributed by atoms with E-state index in [2.05, 4.69) is 12.2 Å². The number of hydrogen-bond donors (Lipinski definition) is 1. The van der Waals surface area contributed by atoms with E-state index in [4.69, 9.17) is 0 Å². The predicted octanol–water partition coefficient (Wildman–Crippen LogP) is 1.59. The van der Waals surface area contributed by atoms with Crippen LogP contribution in [0, 0.1) is 5.92 Å². The first kappa shape index (κ1) is 13.0. The second-order valence-electron chi connectivity index (χ2n) is 4.66. The Morgan fingerprint density at radius 2 is 2.13 bits per heavy atom. The molecule has 2 atom stereocenters. The summed E-state index contributed by atoms with van der Waals surface area (Å²) < 4.78 is 22.6. The van der Waals surface area contributed by atoms with Gasteiger partial charge in [-0.05, 0) is 38.1 Å². The van der Waals surface area contributed by atoms with E-state index < -0.39 is 9.84 Å². The van der Waals surface area contributed by atoms with Crippen molar-refractivity contribution < 1.29 is 8.42 Å². The van der Waals surface area contributed by atoms with Crippen molar-refractivity contribution in [1.82, 2.24) is 5.32 Å². The molecular weight excluding hydrogens is 210 g/mol. The van der Waals surface area contributed by atoms with Crippen LogP contribution in [0.25, 0.3) is 0 Å². The molecule has 0 amide bonds. The lowest BCUT2D eigenvalue weighted by atomic mass is 9.92. The molecule has 0 spiro atoms. The van der Waals surface area contributed by atoms with E-state index in [1.54, 1.807) is 6.92 Å². The Balaban J connectivity index is 2.20. The maximum Gasteiger partial charge on any atom is 0.150 e. The third kappa shape index (κ3) is 4.98. The Kier molecular flexibility index (Phi) is 5.06. The molecule has 0 aromatic rings. The molecular formula is C11H23NO2S. The first-order chi connectivity index (χ1) is 7.03. The second-order valence-corrected chi connectivity index (χ2v) is 7.13. The molecule has 4 heteroatoms. The van der Waals surface area contributed by atoms with Gasteiger partial charge >= 0.3 is 0 Å². The zero-order valence-corrected chi connectivity index (χ0v) is 10.6. The Hall–Kier alpha value is -0.0900. The fourth-order valence-corrected chi connectivity index (χ4v) is 3.03. The summed E-state index contributed by atoms with van der Waals surface area (Å²) in [5, 5.41) is 3.46. The molecule has 1 aliphatic rings. The van der Waals surface area contributed by atoms with Gasteiger partial charge in [-0.15, -0.1) is 0 Å². The van der Waals surface area contributed by atoms with Crippen molar-refractivity contribution >= 4 is 9.84 Å². The average molecular weight is 233 g/mol. The zero-order chi connectivity index (χ0) is 11.3. The van der Waals surface area contributed by atoms with Gasteiger partial charge in [-0.25, -0.2) is 8.42 Å². The van der Waals surface area contributed by atoms with Gasteiger partial charge in [0.25, 0.3) is 0 Å². The summed E-state index contributed by atoms with van der Waals surface area (Å²) in [5.74, 6) is 1.43. The van der Waals surface area contributed by atoms with Gasteiger partial charge in [-0.2, -0.15) is 0 Å². The summed E-state index contributed by atoms with van der Waals surface area (Å²) in [6, 6.07) is 0.542. The molecule has 0 aromatic carbocycles. The SMILES string of the molecule is CCS(=O)(=O)CCCC1CC(C)CCN1. The van der Waals surface area contributed by atoms with Crippen molar-refractivity contribution in [3.8, 4) is 0 Å². The van der Waals surface area contributed by atoms with E-state index in [9.17, 15) is 8.42 Å². The van der Waals surface area contributed by atoms with Crippen LogP contribution in [0.1, 0.15) is 39.5 Å². The minimum Gasteiger partial charge on any atom is -0.314 e. The van der Waals surface area contributed by atoms with Crippen LogP contribution in [0.4, 0.5) is 0 Å². The molecule has 1 N–H and O–H groups in total. The van der Waals surface area contributed by atoms with E-state index in [1.807, 2.05) is 0 Å². The molecule has 0 saturated carbocycles. The van der Waals surface area contributed by atoms with Gasteiger partial charge in [0, 0.05) is 11.8 Å². The number of nitrogens with one attached hydrogen (secondary N) is 1. The average Bonchev–Trinajstić information content (AvgIpc) is 2.18. The summed E-state index contributed by atoms with van der Waals surface area (Å²) in [5.41, 5.74) is 0. The second kappa shape index (κ2) is 5.85. The summed E-state index contributed by atoms with van der Waals surface area (Å²) in [6.45, 7) is 5.08. The molecule has 15 heavy (non-hydrogen) atoms. The topological polar surface area (TPSA) is 46.2 Å². The van der Waals surface area contributed by atoms with E-state index >= 15 is 0 Å². The van der Waals surface area contributed by atoms with Gasteiger partial charge in [0.05, 0.1) is 5.75 Å². The van der Waals surface area contributed by atoms with E-state index in [-0.39, 0.29) is 5.75 Å². The molecule has 1 fully saturated rings. The van der Waals surface area contributed by atoms with Gasteiger partial charge in [0.15, 0.2) is 0 Å². The predicted molar refractivity (Wildman–Crippen MR) is 63.8 cm³/mol. The van der Waals surface area contributed by atoms with Gasteiger partial charge in [-0.1, -0.05) is 13.8 Å². The highest BCUT2D eigenvalue weighted by molar-refractivity contribution is 7.91. The van der Waals surface area contributed by atoms with Crippen LogP contribution in [0.15, 0.2) is 0 Å². The van der Waals surface area contributed by atoms with Gasteiger partial charge < -0.3 is 5.32 Å². The minimum absolute atomic E-state index is 0.279. The van der Waals surface area contributed by atoms with Crippen molar-refractivity contribution in [2.75, 3.05) is 18.1 Å². The molecule has 1 heterocycles. The summed E-state index contributed by atoms with van der Waals surface area (Å²) >= 11 is 0. The summed E-state index contributed by atoms with van der Waals surface area (Å²) in [7, 11) is -2.76. The summed E-state index contributed by atoms with van der Waals surface area (Å²) in [4.78, 5) is 0. The lowest BCUT2D eigenvalue weighted by molar-refractivity contribution is 0.307. The molecule has 0 bridgehead atoms. The largest absolute Gasteiger partial charge is 0.314 e. The Morgan fingerprint density at radius 3 is 2.73 bits per heavy atom. The van der Waals surface area contributed by atoms with Crippen LogP contribution >= 0.6 is 0 Å². The number of hydrogen-bond acceptors (Lipinski definition) is 3. The van der Waals surface area contributed by atoms with Crippen molar-refractivity contribution in [1.29, 1.82) is 0 Å². The Morgan fingerprint density at radius 1 is 1.40 bits per heavy atom. The van der Waals surface area contributed by atoms with Crippen molar-refractivity contribution in [2.45, 2.75) is 45.6 Å². The monoisotopic (exact) mass is 233 g/mol. The minimum atomic E-state index is -2.76. The van der Waals surface area contributed by atoms with Crippen LogP contribution in [-0.2, 0) is 9.84 Å². The van der Waals surface area contributed by atoms with Gasteiger partial charge in [0.2, 0.25) is 0 Å². The van der Waals surface area contributed by atoms with Gasteiger partial charge in [0.1, 0.15) is 9.84 Å². The van der Waals surface area contributed by atoms with Crippen molar-refractivity contribution in [3.05, 3.63) is 0 Å². The standard InChI is InChI=1S/C11H23NO2S/c1-3-15(13,14)8-4-5-11-9-10(2)6-7-12-11/h10-12H,3-9H2,1-2H3. The van der Waals surface area contributed by atoms with Crippen LogP contribution in [0.2, 0.25) is 0 Å². The first-order valence-electron chi connectivity index (χ1n) is 5.97. The summed E-state index contributed by atoms with van der Waals surface area (Å²) in [6.07, 6.45) is 4.26. The number of sulfone groups is 1. The molecule has 0 aliphatic carbocycles. The maximum atomic E-state index is 11.3. The fraction of sp³-hybridized carbons (Fsp3) is 1.00. The van der Waals surface area contributed by atoms with Crippen LogP contribution in [0.3, 0.4) is 0 Å². The van der Waals surface area contributed by atoms with Crippen molar-refractivity contribution in [2.24, 2.45) is 5.92 Å². The van der Waals surface area contributed by atoms with Crippen LogP contribution in [0.5, 0.6) is 0 Å². The highest BCUT2D eigenvalue weighted by Crippen LogP contribution is 2.18. The molecule has 1 aliphatic heterocycles. The molecule has 0 radical (unpaired) electrons. The quantitative estimate of drug-likeness (QED) is 0.784. The van der Waals surface area contributed by atoms with E-state index in [0.717, 1.165) is 25.3 Å². The zero-order valence-electron chi connectivity index (χ0n) is 9.83. The number of piperidine rings is 1. The Labute approximate surface area is 93.6 Å². The van der Waals surface area contributed by atoms with Crippen LogP contribution in [-0.4, -0.2) is 32.5 Å². The number of rotatable bonds is 5. The first-order valence-corrected chi connectivity index (χ1v) is 7.79. The molecule has 2 unspecified atom stereocenters. The lowest BCUT2D eigenvalue weighted by Gasteiger charge is -2.28. The Bertz CT molecular complexity index is 274. The normalized spacial score (nSPS) is 27.9. The molecule has 90 valence electrons. The fourth-order valence-electron chi connectivity index (χ4n) is 2.13. The van der Waals surface area contributed by atoms with Gasteiger partial charge in [-0.3, -0.25) is 0 Å². The molecule has 1 rings (SSSR count). The van der Waals surface area contributed by atoms with Crippen molar-refractivity contribution in [3.63, 3.8) is 0 Å². The maximum absolute atomic E-state index is 11.3. The highest BCUT2D eigenvalue weighted by Gasteiger charge is 2.18. The third-order valence-electron chi connectivity index (χ3n) is 3.20. The van der Waals surface area contributed by atoms with E-state index in [1.165, 1.54) is 12.8 Å². The molecule has 0 aromatic heterocycles.